The minimum absolute atomic E-state index is 0.588. The van der Waals surface area contributed by atoms with Crippen molar-refractivity contribution in [2.75, 3.05) is 11.8 Å². The van der Waals surface area contributed by atoms with Crippen molar-refractivity contribution in [3.8, 4) is 5.75 Å². The molecule has 0 saturated heterocycles. The predicted octanol–water partition coefficient (Wildman–Crippen LogP) is 5.52. The molecule has 112 valence electrons. The van der Waals surface area contributed by atoms with Gasteiger partial charge in [0, 0.05) is 17.4 Å². The number of nitrogens with one attached hydrogen (secondary N) is 1. The number of halogens is 1. The summed E-state index contributed by atoms with van der Waals surface area (Å²) in [6.07, 6.45) is 0.962. The van der Waals surface area contributed by atoms with Gasteiger partial charge in [0.05, 0.1) is 0 Å². The summed E-state index contributed by atoms with van der Waals surface area (Å²) in [5, 5.41) is 3.55. The summed E-state index contributed by atoms with van der Waals surface area (Å²) in [4.78, 5) is 0. The van der Waals surface area contributed by atoms with Crippen molar-refractivity contribution in [1.29, 1.82) is 0 Å². The fourth-order valence-corrected chi connectivity index (χ4v) is 3.36. The molecule has 2 aromatic rings. The molecule has 2 aromatic carbocycles. The average Bonchev–Trinajstić information content (AvgIpc) is 2.43. The van der Waals surface area contributed by atoms with Crippen molar-refractivity contribution >= 4 is 24.8 Å². The van der Waals surface area contributed by atoms with E-state index in [0.29, 0.717) is 10.8 Å². The molecular weight excluding hydrogens is 305 g/mol. The quantitative estimate of drug-likeness (QED) is 0.736. The highest BCUT2D eigenvalue weighted by atomic mass is 35.5. The molecule has 5 heteroatoms. The standard InChI is InChI=1S/C16H19ClNO2P/c1-4-13-6-9-15(10-7-13)20-21(3,19)18-16-11-14(17)8-5-12(16)2/h5-11H,4H2,1-3H3,(H,18,19). The van der Waals surface area contributed by atoms with Crippen LogP contribution in [0.3, 0.4) is 0 Å². The molecule has 0 aliphatic carbocycles. The molecular formula is C16H19ClNO2P. The van der Waals surface area contributed by atoms with Gasteiger partial charge in [0.25, 0.3) is 0 Å². The molecule has 0 amide bonds. The number of hydrogen-bond acceptors (Lipinski definition) is 2. The van der Waals surface area contributed by atoms with Crippen LogP contribution in [-0.2, 0) is 11.0 Å². The van der Waals surface area contributed by atoms with E-state index in [1.807, 2.05) is 37.3 Å². The summed E-state index contributed by atoms with van der Waals surface area (Å²) in [5.41, 5.74) is 2.90. The fourth-order valence-electron chi connectivity index (χ4n) is 1.94. The Morgan fingerprint density at radius 2 is 1.86 bits per heavy atom. The third-order valence-electron chi connectivity index (χ3n) is 3.13. The summed E-state index contributed by atoms with van der Waals surface area (Å²) in [6, 6.07) is 13.0. The van der Waals surface area contributed by atoms with Crippen molar-refractivity contribution < 1.29 is 9.09 Å². The van der Waals surface area contributed by atoms with Crippen molar-refractivity contribution in [2.45, 2.75) is 20.3 Å². The van der Waals surface area contributed by atoms with E-state index >= 15 is 0 Å². The molecule has 0 spiro atoms. The number of hydrogen-bond donors (Lipinski definition) is 1. The maximum absolute atomic E-state index is 12.6. The minimum atomic E-state index is -3.02. The van der Waals surface area contributed by atoms with Gasteiger partial charge in [-0.2, -0.15) is 0 Å². The zero-order chi connectivity index (χ0) is 15.5. The van der Waals surface area contributed by atoms with Crippen LogP contribution in [0.4, 0.5) is 5.69 Å². The molecule has 0 bridgehead atoms. The van der Waals surface area contributed by atoms with Crippen molar-refractivity contribution in [3.05, 3.63) is 58.6 Å². The Labute approximate surface area is 130 Å². The number of aryl methyl sites for hydroxylation is 2. The van der Waals surface area contributed by atoms with Crippen LogP contribution in [0.1, 0.15) is 18.1 Å². The van der Waals surface area contributed by atoms with Gasteiger partial charge in [0.2, 0.25) is 0 Å². The molecule has 0 fully saturated rings. The highest BCUT2D eigenvalue weighted by Gasteiger charge is 2.18. The minimum Gasteiger partial charge on any atom is -0.429 e. The summed E-state index contributed by atoms with van der Waals surface area (Å²) in [6.45, 7) is 5.57. The van der Waals surface area contributed by atoms with Crippen LogP contribution in [0.15, 0.2) is 42.5 Å². The van der Waals surface area contributed by atoms with Crippen LogP contribution in [0.2, 0.25) is 5.02 Å². The second kappa shape index (κ2) is 6.55. The van der Waals surface area contributed by atoms with E-state index in [2.05, 4.69) is 12.0 Å². The lowest BCUT2D eigenvalue weighted by molar-refractivity contribution is 0.493. The maximum Gasteiger partial charge on any atom is 0.338 e. The Morgan fingerprint density at radius 3 is 2.48 bits per heavy atom. The zero-order valence-corrected chi connectivity index (χ0v) is 14.0. The molecule has 0 heterocycles. The van der Waals surface area contributed by atoms with E-state index in [-0.39, 0.29) is 0 Å². The Kier molecular flexibility index (Phi) is 4.97. The third-order valence-corrected chi connectivity index (χ3v) is 4.58. The third kappa shape index (κ3) is 4.52. The number of anilines is 1. The first-order valence-electron chi connectivity index (χ1n) is 6.80. The van der Waals surface area contributed by atoms with Crippen molar-refractivity contribution in [1.82, 2.24) is 0 Å². The van der Waals surface area contributed by atoms with Crippen LogP contribution < -0.4 is 9.61 Å². The van der Waals surface area contributed by atoms with Crippen LogP contribution in [-0.4, -0.2) is 6.66 Å². The Bertz CT molecular complexity index is 670. The molecule has 0 radical (unpaired) electrons. The first kappa shape index (κ1) is 15.9. The molecule has 0 aliphatic heterocycles. The van der Waals surface area contributed by atoms with E-state index in [1.54, 1.807) is 18.8 Å². The number of rotatable bonds is 5. The lowest BCUT2D eigenvalue weighted by Crippen LogP contribution is -2.03. The summed E-state index contributed by atoms with van der Waals surface area (Å²) < 4.78 is 18.2. The number of benzene rings is 2. The van der Waals surface area contributed by atoms with Gasteiger partial charge in [-0.05, 0) is 48.7 Å². The van der Waals surface area contributed by atoms with E-state index in [9.17, 15) is 4.57 Å². The van der Waals surface area contributed by atoms with Gasteiger partial charge >= 0.3 is 7.52 Å². The second-order valence-corrected chi connectivity index (χ2v) is 7.54. The normalized spacial score (nSPS) is 13.5. The highest BCUT2D eigenvalue weighted by molar-refractivity contribution is 7.60. The molecule has 21 heavy (non-hydrogen) atoms. The fraction of sp³-hybridized carbons (Fsp3) is 0.250. The van der Waals surface area contributed by atoms with Gasteiger partial charge in [-0.15, -0.1) is 0 Å². The van der Waals surface area contributed by atoms with Crippen LogP contribution in [0.5, 0.6) is 5.75 Å². The predicted molar refractivity (Wildman–Crippen MR) is 89.8 cm³/mol. The molecule has 1 N–H and O–H groups in total. The van der Waals surface area contributed by atoms with Gasteiger partial charge in [-0.25, -0.2) is 0 Å². The van der Waals surface area contributed by atoms with Gasteiger partial charge in [-0.3, -0.25) is 4.57 Å². The van der Waals surface area contributed by atoms with E-state index < -0.39 is 7.52 Å². The van der Waals surface area contributed by atoms with Crippen molar-refractivity contribution in [2.24, 2.45) is 0 Å². The molecule has 3 nitrogen and oxygen atoms in total. The summed E-state index contributed by atoms with van der Waals surface area (Å²) in [7, 11) is -3.02. The maximum atomic E-state index is 12.6. The molecule has 1 atom stereocenters. The van der Waals surface area contributed by atoms with E-state index in [1.165, 1.54) is 5.56 Å². The molecule has 0 aromatic heterocycles. The summed E-state index contributed by atoms with van der Waals surface area (Å²) in [5.74, 6) is 0.588. The van der Waals surface area contributed by atoms with Crippen molar-refractivity contribution in [3.63, 3.8) is 0 Å². The van der Waals surface area contributed by atoms with Crippen LogP contribution >= 0.6 is 19.1 Å². The van der Waals surface area contributed by atoms with Gasteiger partial charge in [0.1, 0.15) is 5.75 Å². The van der Waals surface area contributed by atoms with Gasteiger partial charge < -0.3 is 9.61 Å². The van der Waals surface area contributed by atoms with Crippen LogP contribution in [0, 0.1) is 6.92 Å². The first-order chi connectivity index (χ1) is 9.89. The monoisotopic (exact) mass is 323 g/mol. The zero-order valence-electron chi connectivity index (χ0n) is 12.4. The SMILES string of the molecule is CCc1ccc(OP(C)(=O)Nc2cc(Cl)ccc2C)cc1. The smallest absolute Gasteiger partial charge is 0.338 e. The molecule has 0 saturated carbocycles. The lowest BCUT2D eigenvalue weighted by atomic mass is 10.2. The first-order valence-corrected chi connectivity index (χ1v) is 9.25. The Hall–Kier alpha value is -1.44. The van der Waals surface area contributed by atoms with Gasteiger partial charge in [0.15, 0.2) is 0 Å². The topological polar surface area (TPSA) is 38.3 Å². The van der Waals surface area contributed by atoms with Gasteiger partial charge in [-0.1, -0.05) is 36.7 Å². The molecule has 2 rings (SSSR count). The highest BCUT2D eigenvalue weighted by Crippen LogP contribution is 2.44. The summed E-state index contributed by atoms with van der Waals surface area (Å²) >= 11 is 5.97. The second-order valence-electron chi connectivity index (χ2n) is 5.01. The van der Waals surface area contributed by atoms with E-state index in [4.69, 9.17) is 16.1 Å². The van der Waals surface area contributed by atoms with E-state index in [0.717, 1.165) is 17.7 Å². The average molecular weight is 324 g/mol. The Balaban J connectivity index is 2.14. The lowest BCUT2D eigenvalue weighted by Gasteiger charge is -2.19. The largest absolute Gasteiger partial charge is 0.429 e. The van der Waals surface area contributed by atoms with Crippen LogP contribution in [0.25, 0.3) is 0 Å². The molecule has 0 aliphatic rings. The Morgan fingerprint density at radius 1 is 1.19 bits per heavy atom. The molecule has 1 unspecified atom stereocenters.